The van der Waals surface area contributed by atoms with Gasteiger partial charge in [-0.3, -0.25) is 0 Å². The molecule has 0 heterocycles. The number of allylic oxidation sites excluding steroid dienone is 1. The maximum atomic E-state index is 2.30. The average Bonchev–Trinajstić information content (AvgIpc) is 2.77. The Morgan fingerprint density at radius 3 is 2.14 bits per heavy atom. The van der Waals surface area contributed by atoms with Crippen LogP contribution in [0.5, 0.6) is 0 Å². The first-order chi connectivity index (χ1) is 9.84. The van der Waals surface area contributed by atoms with Gasteiger partial charge < -0.3 is 0 Å². The van der Waals surface area contributed by atoms with Gasteiger partial charge in [-0.15, -0.1) is 0 Å². The standard InChI is InChI=1S/C21H23/c1-14-10-17-11-15(2)13-20(17)19(12-14)16-6-8-18(9-7-16)21(3,4)5/h6-13H,1-5H3. The van der Waals surface area contributed by atoms with Gasteiger partial charge in [-0.1, -0.05) is 74.4 Å². The zero-order chi connectivity index (χ0) is 15.2. The van der Waals surface area contributed by atoms with Crippen LogP contribution in [-0.4, -0.2) is 0 Å². The molecule has 1 aliphatic rings. The van der Waals surface area contributed by atoms with E-state index in [-0.39, 0.29) is 5.41 Å². The number of aryl methyl sites for hydroxylation is 1. The minimum atomic E-state index is 0.206. The summed E-state index contributed by atoms with van der Waals surface area (Å²) in [4.78, 5) is 0. The minimum absolute atomic E-state index is 0.206. The molecule has 2 aromatic rings. The minimum Gasteiger partial charge on any atom is -0.0642 e. The van der Waals surface area contributed by atoms with Crippen LogP contribution >= 0.6 is 0 Å². The third kappa shape index (κ3) is 2.68. The van der Waals surface area contributed by atoms with Crippen LogP contribution in [0.2, 0.25) is 0 Å². The van der Waals surface area contributed by atoms with Gasteiger partial charge in [0.25, 0.3) is 0 Å². The van der Waals surface area contributed by atoms with E-state index < -0.39 is 0 Å². The normalized spacial score (nSPS) is 14.0. The fourth-order valence-electron chi connectivity index (χ4n) is 3.01. The van der Waals surface area contributed by atoms with Crippen LogP contribution < -0.4 is 0 Å². The number of hydrogen-bond donors (Lipinski definition) is 0. The molecule has 2 aromatic carbocycles. The molecule has 1 radical (unpaired) electrons. The number of hydrogen-bond acceptors (Lipinski definition) is 0. The first kappa shape index (κ1) is 14.1. The molecule has 0 saturated heterocycles. The molecule has 0 aromatic heterocycles. The van der Waals surface area contributed by atoms with Crippen molar-refractivity contribution in [1.82, 2.24) is 0 Å². The van der Waals surface area contributed by atoms with E-state index in [2.05, 4.69) is 83.5 Å². The van der Waals surface area contributed by atoms with Crippen molar-refractivity contribution in [3.05, 3.63) is 70.6 Å². The van der Waals surface area contributed by atoms with E-state index in [1.807, 2.05) is 0 Å². The first-order valence-corrected chi connectivity index (χ1v) is 7.63. The van der Waals surface area contributed by atoms with Crippen LogP contribution in [0.4, 0.5) is 0 Å². The SMILES string of the molecule is CC1=Cc2c(cc(C)cc2-c2ccc(C(C)(C)C)cc2)[CH]1. The van der Waals surface area contributed by atoms with Crippen molar-refractivity contribution < 1.29 is 0 Å². The molecular formula is C21H23. The predicted octanol–water partition coefficient (Wildman–Crippen LogP) is 5.93. The Hall–Kier alpha value is -1.82. The lowest BCUT2D eigenvalue weighted by atomic mass is 9.85. The highest BCUT2D eigenvalue weighted by Gasteiger charge is 2.17. The highest BCUT2D eigenvalue weighted by Crippen LogP contribution is 2.36. The fourth-order valence-corrected chi connectivity index (χ4v) is 3.01. The summed E-state index contributed by atoms with van der Waals surface area (Å²) in [5.74, 6) is 0. The van der Waals surface area contributed by atoms with Gasteiger partial charge in [-0.2, -0.15) is 0 Å². The zero-order valence-corrected chi connectivity index (χ0v) is 13.6. The molecule has 0 fully saturated rings. The molecular weight excluding hydrogens is 252 g/mol. The van der Waals surface area contributed by atoms with Crippen molar-refractivity contribution in [3.8, 4) is 11.1 Å². The molecule has 0 nitrogen and oxygen atoms in total. The van der Waals surface area contributed by atoms with E-state index in [1.54, 1.807) is 0 Å². The van der Waals surface area contributed by atoms with Gasteiger partial charge in [0.1, 0.15) is 0 Å². The molecule has 0 N–H and O–H groups in total. The molecule has 0 atom stereocenters. The van der Waals surface area contributed by atoms with Gasteiger partial charge in [0, 0.05) is 6.42 Å². The molecule has 1 aliphatic carbocycles. The molecule has 0 saturated carbocycles. The third-order valence-corrected chi connectivity index (χ3v) is 4.17. The summed E-state index contributed by atoms with van der Waals surface area (Å²) in [6.07, 6.45) is 4.57. The Labute approximate surface area is 128 Å². The molecule has 21 heavy (non-hydrogen) atoms. The van der Waals surface area contributed by atoms with Crippen molar-refractivity contribution in [2.75, 3.05) is 0 Å². The second kappa shape index (κ2) is 4.87. The summed E-state index contributed by atoms with van der Waals surface area (Å²) in [6.45, 7) is 11.1. The van der Waals surface area contributed by atoms with Gasteiger partial charge in [0.05, 0.1) is 0 Å². The molecule has 0 heteroatoms. The maximum Gasteiger partial charge on any atom is 0.0161 e. The summed E-state index contributed by atoms with van der Waals surface area (Å²) >= 11 is 0. The van der Waals surface area contributed by atoms with Crippen molar-refractivity contribution in [1.29, 1.82) is 0 Å². The van der Waals surface area contributed by atoms with Crippen LogP contribution in [0.25, 0.3) is 17.2 Å². The van der Waals surface area contributed by atoms with E-state index in [1.165, 1.54) is 39.0 Å². The van der Waals surface area contributed by atoms with Crippen LogP contribution in [0, 0.1) is 13.3 Å². The lowest BCUT2D eigenvalue weighted by molar-refractivity contribution is 0.590. The Morgan fingerprint density at radius 1 is 0.857 bits per heavy atom. The molecule has 0 bridgehead atoms. The topological polar surface area (TPSA) is 0 Å². The molecule has 0 spiro atoms. The number of fused-ring (bicyclic) bond motifs is 1. The van der Waals surface area contributed by atoms with Gasteiger partial charge in [-0.05, 0) is 47.1 Å². The molecule has 0 aliphatic heterocycles. The van der Waals surface area contributed by atoms with E-state index in [4.69, 9.17) is 0 Å². The Kier molecular flexibility index (Phi) is 3.28. The van der Waals surface area contributed by atoms with Crippen molar-refractivity contribution >= 4 is 6.08 Å². The van der Waals surface area contributed by atoms with Crippen LogP contribution in [0.3, 0.4) is 0 Å². The number of benzene rings is 2. The second-order valence-corrected chi connectivity index (χ2v) is 7.18. The van der Waals surface area contributed by atoms with Gasteiger partial charge in [-0.25, -0.2) is 0 Å². The van der Waals surface area contributed by atoms with E-state index in [9.17, 15) is 0 Å². The predicted molar refractivity (Wildman–Crippen MR) is 92.4 cm³/mol. The fraction of sp³-hybridized carbons (Fsp3) is 0.286. The first-order valence-electron chi connectivity index (χ1n) is 7.63. The highest BCUT2D eigenvalue weighted by molar-refractivity contribution is 5.83. The number of rotatable bonds is 1. The maximum absolute atomic E-state index is 2.30. The monoisotopic (exact) mass is 275 g/mol. The summed E-state index contributed by atoms with van der Waals surface area (Å²) in [5, 5.41) is 0. The second-order valence-electron chi connectivity index (χ2n) is 7.18. The lowest BCUT2D eigenvalue weighted by Gasteiger charge is -2.19. The van der Waals surface area contributed by atoms with Gasteiger partial charge in [0.15, 0.2) is 0 Å². The van der Waals surface area contributed by atoms with E-state index in [0.29, 0.717) is 0 Å². The van der Waals surface area contributed by atoms with Crippen LogP contribution in [-0.2, 0) is 5.41 Å². The molecule has 0 amide bonds. The highest BCUT2D eigenvalue weighted by atomic mass is 14.2. The Balaban J connectivity index is 2.10. The lowest BCUT2D eigenvalue weighted by Crippen LogP contribution is -2.10. The smallest absolute Gasteiger partial charge is 0.0161 e. The van der Waals surface area contributed by atoms with Crippen molar-refractivity contribution in [2.24, 2.45) is 0 Å². The van der Waals surface area contributed by atoms with Crippen LogP contribution in [0.15, 0.2) is 42.0 Å². The summed E-state index contributed by atoms with van der Waals surface area (Å²) in [5.41, 5.74) is 9.61. The van der Waals surface area contributed by atoms with Crippen molar-refractivity contribution in [3.63, 3.8) is 0 Å². The molecule has 0 unspecified atom stereocenters. The van der Waals surface area contributed by atoms with Crippen molar-refractivity contribution in [2.45, 2.75) is 40.0 Å². The van der Waals surface area contributed by atoms with E-state index >= 15 is 0 Å². The molecule has 107 valence electrons. The largest absolute Gasteiger partial charge is 0.0642 e. The average molecular weight is 275 g/mol. The summed E-state index contributed by atoms with van der Waals surface area (Å²) < 4.78 is 0. The zero-order valence-electron chi connectivity index (χ0n) is 13.6. The quantitative estimate of drug-likeness (QED) is 0.605. The third-order valence-electron chi connectivity index (χ3n) is 4.17. The Bertz CT molecular complexity index is 707. The van der Waals surface area contributed by atoms with E-state index in [0.717, 1.165) is 0 Å². The van der Waals surface area contributed by atoms with Crippen LogP contribution in [0.1, 0.15) is 49.9 Å². The molecule has 3 rings (SSSR count). The Morgan fingerprint density at radius 2 is 1.52 bits per heavy atom. The summed E-state index contributed by atoms with van der Waals surface area (Å²) in [6, 6.07) is 13.6. The van der Waals surface area contributed by atoms with Gasteiger partial charge >= 0.3 is 0 Å². The summed E-state index contributed by atoms with van der Waals surface area (Å²) in [7, 11) is 0. The van der Waals surface area contributed by atoms with Gasteiger partial charge in [0.2, 0.25) is 0 Å².